The number of hydrogen-bond acceptors (Lipinski definition) is 4. The molecule has 5 heteroatoms. The topological polar surface area (TPSA) is 44.2 Å². The van der Waals surface area contributed by atoms with Gasteiger partial charge in [-0.1, -0.05) is 13.8 Å². The Hall–Kier alpha value is -0.870. The fraction of sp³-hybridized carbons (Fsp3) is 0.636. The van der Waals surface area contributed by atoms with Gasteiger partial charge in [0.15, 0.2) is 5.75 Å². The number of halogens is 1. The van der Waals surface area contributed by atoms with Gasteiger partial charge < -0.3 is 9.47 Å². The van der Waals surface area contributed by atoms with E-state index in [1.807, 2.05) is 13.8 Å². The molecule has 0 aliphatic heterocycles. The molecule has 1 aromatic heterocycles. The maximum atomic E-state index is 5.82. The van der Waals surface area contributed by atoms with Crippen LogP contribution in [0.3, 0.4) is 0 Å². The first-order valence-electron chi connectivity index (χ1n) is 5.22. The van der Waals surface area contributed by atoms with Gasteiger partial charge >= 0.3 is 0 Å². The van der Waals surface area contributed by atoms with E-state index in [9.17, 15) is 0 Å². The highest BCUT2D eigenvalue weighted by Crippen LogP contribution is 2.19. The molecule has 0 aliphatic rings. The Balaban J connectivity index is 2.76. The van der Waals surface area contributed by atoms with Crippen molar-refractivity contribution < 1.29 is 9.47 Å². The quantitative estimate of drug-likeness (QED) is 0.569. The van der Waals surface area contributed by atoms with Crippen LogP contribution in [0.1, 0.15) is 31.3 Å². The van der Waals surface area contributed by atoms with Crippen LogP contribution in [-0.2, 0) is 10.6 Å². The third-order valence-corrected chi connectivity index (χ3v) is 2.29. The van der Waals surface area contributed by atoms with Crippen LogP contribution in [-0.4, -0.2) is 30.3 Å². The zero-order valence-electron chi connectivity index (χ0n) is 9.86. The maximum absolute atomic E-state index is 5.82. The summed E-state index contributed by atoms with van der Waals surface area (Å²) in [6, 6.07) is 0. The molecular weight excluding hydrogens is 228 g/mol. The van der Waals surface area contributed by atoms with E-state index in [-0.39, 0.29) is 5.92 Å². The van der Waals surface area contributed by atoms with E-state index in [1.54, 1.807) is 13.3 Å². The highest BCUT2D eigenvalue weighted by Gasteiger charge is 2.09. The van der Waals surface area contributed by atoms with Crippen molar-refractivity contribution in [1.29, 1.82) is 0 Å². The third kappa shape index (κ3) is 3.61. The summed E-state index contributed by atoms with van der Waals surface area (Å²) < 4.78 is 10.4. The second kappa shape index (κ2) is 6.66. The number of nitrogens with zero attached hydrogens (tertiary/aromatic N) is 2. The molecule has 4 nitrogen and oxygen atoms in total. The van der Waals surface area contributed by atoms with Crippen molar-refractivity contribution in [1.82, 2.24) is 9.97 Å². The summed E-state index contributed by atoms with van der Waals surface area (Å²) in [5, 5.41) is 0. The SMILES string of the molecule is COCCOc1cnc(C(C)C)nc1CCl. The first-order chi connectivity index (χ1) is 7.69. The first kappa shape index (κ1) is 13.2. The molecule has 0 bridgehead atoms. The van der Waals surface area contributed by atoms with Gasteiger partial charge in [-0.3, -0.25) is 0 Å². The van der Waals surface area contributed by atoms with Crippen LogP contribution in [0.4, 0.5) is 0 Å². The molecule has 1 heterocycles. The van der Waals surface area contributed by atoms with E-state index < -0.39 is 0 Å². The lowest BCUT2D eigenvalue weighted by molar-refractivity contribution is 0.145. The van der Waals surface area contributed by atoms with Crippen molar-refractivity contribution in [3.63, 3.8) is 0 Å². The summed E-state index contributed by atoms with van der Waals surface area (Å²) >= 11 is 5.82. The largest absolute Gasteiger partial charge is 0.488 e. The molecule has 0 N–H and O–H groups in total. The predicted molar refractivity (Wildman–Crippen MR) is 63.0 cm³/mol. The van der Waals surface area contributed by atoms with Crippen molar-refractivity contribution >= 4 is 11.6 Å². The van der Waals surface area contributed by atoms with E-state index >= 15 is 0 Å². The molecule has 1 rings (SSSR count). The Morgan fingerprint density at radius 3 is 2.69 bits per heavy atom. The van der Waals surface area contributed by atoms with E-state index in [2.05, 4.69) is 9.97 Å². The van der Waals surface area contributed by atoms with Crippen LogP contribution in [0.5, 0.6) is 5.75 Å². The van der Waals surface area contributed by atoms with Crippen molar-refractivity contribution in [2.24, 2.45) is 0 Å². The second-order valence-electron chi connectivity index (χ2n) is 3.67. The summed E-state index contributed by atoms with van der Waals surface area (Å²) in [5.41, 5.74) is 0.733. The number of alkyl halides is 1. The molecule has 0 fully saturated rings. The van der Waals surface area contributed by atoms with Gasteiger partial charge in [-0.05, 0) is 0 Å². The van der Waals surface area contributed by atoms with Crippen molar-refractivity contribution in [2.75, 3.05) is 20.3 Å². The highest BCUT2D eigenvalue weighted by molar-refractivity contribution is 6.17. The zero-order chi connectivity index (χ0) is 12.0. The Bertz CT molecular complexity index is 332. The Morgan fingerprint density at radius 1 is 1.38 bits per heavy atom. The third-order valence-electron chi connectivity index (χ3n) is 2.04. The molecule has 90 valence electrons. The summed E-state index contributed by atoms with van der Waals surface area (Å²) in [5.74, 6) is 2.03. The van der Waals surface area contributed by atoms with Gasteiger partial charge in [-0.25, -0.2) is 9.97 Å². The van der Waals surface area contributed by atoms with Gasteiger partial charge in [0.25, 0.3) is 0 Å². The van der Waals surface area contributed by atoms with Gasteiger partial charge in [0.2, 0.25) is 0 Å². The lowest BCUT2D eigenvalue weighted by Crippen LogP contribution is -2.08. The number of hydrogen-bond donors (Lipinski definition) is 0. The standard InChI is InChI=1S/C11H17ClN2O2/c1-8(2)11-13-7-10(9(6-12)14-11)16-5-4-15-3/h7-8H,4-6H2,1-3H3. The molecular formula is C11H17ClN2O2. The van der Waals surface area contributed by atoms with Crippen LogP contribution < -0.4 is 4.74 Å². The molecule has 0 aromatic carbocycles. The van der Waals surface area contributed by atoms with E-state index in [0.717, 1.165) is 11.5 Å². The minimum atomic E-state index is 0.287. The highest BCUT2D eigenvalue weighted by atomic mass is 35.5. The fourth-order valence-electron chi connectivity index (χ4n) is 1.15. The minimum absolute atomic E-state index is 0.287. The van der Waals surface area contributed by atoms with Crippen molar-refractivity contribution in [2.45, 2.75) is 25.6 Å². The normalized spacial score (nSPS) is 10.8. The smallest absolute Gasteiger partial charge is 0.160 e. The Morgan fingerprint density at radius 2 is 2.12 bits per heavy atom. The summed E-state index contributed by atoms with van der Waals surface area (Å²) in [6.45, 7) is 5.09. The monoisotopic (exact) mass is 244 g/mol. The van der Waals surface area contributed by atoms with Crippen LogP contribution >= 0.6 is 11.6 Å². The summed E-state index contributed by atoms with van der Waals surface area (Å²) in [7, 11) is 1.63. The molecule has 1 aromatic rings. The molecule has 0 radical (unpaired) electrons. The van der Waals surface area contributed by atoms with E-state index in [1.165, 1.54) is 0 Å². The number of aromatic nitrogens is 2. The molecule has 0 spiro atoms. The second-order valence-corrected chi connectivity index (χ2v) is 3.94. The summed E-state index contributed by atoms with van der Waals surface area (Å²) in [6.07, 6.45) is 1.68. The lowest BCUT2D eigenvalue weighted by atomic mass is 10.2. The van der Waals surface area contributed by atoms with Crippen LogP contribution in [0, 0.1) is 0 Å². The first-order valence-corrected chi connectivity index (χ1v) is 5.76. The Labute approximate surface area is 101 Å². The number of rotatable bonds is 6. The molecule has 0 amide bonds. The molecule has 0 unspecified atom stereocenters. The van der Waals surface area contributed by atoms with E-state index in [0.29, 0.717) is 24.8 Å². The maximum Gasteiger partial charge on any atom is 0.160 e. The van der Waals surface area contributed by atoms with Gasteiger partial charge in [0.1, 0.15) is 18.1 Å². The van der Waals surface area contributed by atoms with Crippen LogP contribution in [0.25, 0.3) is 0 Å². The Kier molecular flexibility index (Phi) is 5.49. The van der Waals surface area contributed by atoms with Gasteiger partial charge in [-0.15, -0.1) is 11.6 Å². The molecule has 0 saturated heterocycles. The van der Waals surface area contributed by atoms with Gasteiger partial charge in [-0.2, -0.15) is 0 Å². The minimum Gasteiger partial charge on any atom is -0.488 e. The molecule has 0 aliphatic carbocycles. The van der Waals surface area contributed by atoms with Gasteiger partial charge in [0, 0.05) is 13.0 Å². The number of methoxy groups -OCH3 is 1. The van der Waals surface area contributed by atoms with Crippen LogP contribution in [0.15, 0.2) is 6.20 Å². The average molecular weight is 245 g/mol. The van der Waals surface area contributed by atoms with Crippen LogP contribution in [0.2, 0.25) is 0 Å². The lowest BCUT2D eigenvalue weighted by Gasteiger charge is -2.11. The molecule has 0 saturated carbocycles. The number of ether oxygens (including phenoxy) is 2. The van der Waals surface area contributed by atoms with Gasteiger partial charge in [0.05, 0.1) is 18.7 Å². The zero-order valence-corrected chi connectivity index (χ0v) is 10.6. The van der Waals surface area contributed by atoms with Crippen molar-refractivity contribution in [3.05, 3.63) is 17.7 Å². The average Bonchev–Trinajstić information content (AvgIpc) is 2.29. The fourth-order valence-corrected chi connectivity index (χ4v) is 1.34. The summed E-state index contributed by atoms with van der Waals surface area (Å²) in [4.78, 5) is 8.59. The molecule has 0 atom stereocenters. The van der Waals surface area contributed by atoms with Crippen molar-refractivity contribution in [3.8, 4) is 5.75 Å². The predicted octanol–water partition coefficient (Wildman–Crippen LogP) is 2.36. The molecule has 16 heavy (non-hydrogen) atoms. The van der Waals surface area contributed by atoms with E-state index in [4.69, 9.17) is 21.1 Å².